The predicted molar refractivity (Wildman–Crippen MR) is 131 cm³/mol. The molecule has 0 radical (unpaired) electrons. The molecule has 2 heterocycles. The summed E-state index contributed by atoms with van der Waals surface area (Å²) in [7, 11) is 0. The van der Waals surface area contributed by atoms with E-state index in [1.807, 2.05) is 0 Å². The molecule has 2 fully saturated rings. The molecule has 0 saturated carbocycles. The number of aliphatic hydroxyl groups is 7. The van der Waals surface area contributed by atoms with E-state index in [4.69, 9.17) is 18.9 Å². The van der Waals surface area contributed by atoms with Gasteiger partial charge in [-0.3, -0.25) is 0 Å². The van der Waals surface area contributed by atoms with Crippen molar-refractivity contribution in [2.24, 2.45) is 0 Å². The second-order valence-electron chi connectivity index (χ2n) is 9.21. The summed E-state index contributed by atoms with van der Waals surface area (Å²) in [5.74, 6) is 0.0716. The largest absolute Gasteiger partial charge is 0.508 e. The van der Waals surface area contributed by atoms with Gasteiger partial charge in [-0.2, -0.15) is 0 Å². The highest BCUT2D eigenvalue weighted by Crippen LogP contribution is 2.37. The molecule has 4 rings (SSSR count). The summed E-state index contributed by atoms with van der Waals surface area (Å²) in [6, 6.07) is 11.1. The lowest BCUT2D eigenvalue weighted by molar-refractivity contribution is -0.279. The maximum absolute atomic E-state index is 10.5. The summed E-state index contributed by atoms with van der Waals surface area (Å²) >= 11 is 0. The molecule has 2 aromatic carbocycles. The number of ether oxygens (including phenoxy) is 4. The topological polar surface area (TPSA) is 199 Å². The van der Waals surface area contributed by atoms with Crippen LogP contribution in [0.15, 0.2) is 42.5 Å². The zero-order valence-electron chi connectivity index (χ0n) is 20.4. The van der Waals surface area contributed by atoms with E-state index in [0.29, 0.717) is 5.56 Å². The van der Waals surface area contributed by atoms with E-state index < -0.39 is 68.0 Å². The predicted octanol–water partition coefficient (Wildman–Crippen LogP) is -1.05. The number of rotatable bonds is 7. The van der Waals surface area contributed by atoms with Crippen LogP contribution < -0.4 is 9.47 Å². The number of phenolic OH excluding ortho intramolecular Hbond substituents is 1. The molecule has 12 nitrogen and oxygen atoms in total. The van der Waals surface area contributed by atoms with Gasteiger partial charge in [0.2, 0.25) is 12.6 Å². The molecule has 10 atom stereocenters. The third-order valence-corrected chi connectivity index (χ3v) is 6.49. The van der Waals surface area contributed by atoms with Crippen molar-refractivity contribution < 1.29 is 59.8 Å². The van der Waals surface area contributed by atoms with Crippen molar-refractivity contribution in [2.45, 2.75) is 68.3 Å². The molecule has 2 aliphatic heterocycles. The fourth-order valence-corrected chi connectivity index (χ4v) is 4.17. The van der Waals surface area contributed by atoms with Gasteiger partial charge in [0.15, 0.2) is 11.5 Å². The zero-order chi connectivity index (χ0) is 27.6. The van der Waals surface area contributed by atoms with Gasteiger partial charge in [-0.1, -0.05) is 36.4 Å². The van der Waals surface area contributed by atoms with Crippen LogP contribution in [0.2, 0.25) is 0 Å². The number of hydrogen-bond acceptors (Lipinski definition) is 12. The molecule has 0 aliphatic carbocycles. The third kappa shape index (κ3) is 5.94. The van der Waals surface area contributed by atoms with Gasteiger partial charge >= 0.3 is 0 Å². The molecule has 38 heavy (non-hydrogen) atoms. The van der Waals surface area contributed by atoms with Crippen molar-refractivity contribution in [1.29, 1.82) is 0 Å². The number of phenols is 1. The SMILES string of the molecule is CC1OC(Oc2cccc(C=Cc3ccc(O)cc3)c2OC2OC(CO)C(O)C(O)C2O)C(O)C(O)C1O. The molecular weight excluding hydrogens is 504 g/mol. The number of hydrogen-bond donors (Lipinski definition) is 8. The van der Waals surface area contributed by atoms with E-state index in [0.717, 1.165) is 5.56 Å². The molecule has 10 unspecified atom stereocenters. The molecular formula is C26H32O12. The van der Waals surface area contributed by atoms with Crippen LogP contribution in [-0.2, 0) is 9.47 Å². The van der Waals surface area contributed by atoms with Crippen LogP contribution in [0.3, 0.4) is 0 Å². The van der Waals surface area contributed by atoms with Gasteiger partial charge in [0.05, 0.1) is 12.7 Å². The molecule has 2 aromatic rings. The minimum absolute atomic E-state index is 0.00495. The molecule has 0 amide bonds. The quantitative estimate of drug-likeness (QED) is 0.200. The second-order valence-corrected chi connectivity index (χ2v) is 9.21. The Kier molecular flexibility index (Phi) is 8.88. The standard InChI is InChI=1S/C26H32O12/c1-12-18(29)20(31)22(33)25(35-12)36-16-4-2-3-14(8-5-13-6-9-15(28)10-7-13)24(16)38-26-23(34)21(32)19(30)17(11-27)37-26/h2-10,12,17-23,25-34H,11H2,1H3. The molecule has 8 N–H and O–H groups in total. The van der Waals surface area contributed by atoms with Gasteiger partial charge in [0.1, 0.15) is 48.5 Å². The van der Waals surface area contributed by atoms with Gasteiger partial charge in [0.25, 0.3) is 0 Å². The first-order valence-electron chi connectivity index (χ1n) is 12.0. The van der Waals surface area contributed by atoms with E-state index in [1.54, 1.807) is 36.4 Å². The van der Waals surface area contributed by atoms with Gasteiger partial charge in [-0.25, -0.2) is 0 Å². The van der Waals surface area contributed by atoms with Crippen LogP contribution in [0.5, 0.6) is 17.2 Å². The highest BCUT2D eigenvalue weighted by atomic mass is 16.7. The number of para-hydroxylation sites is 1. The highest BCUT2D eigenvalue weighted by Gasteiger charge is 2.46. The minimum Gasteiger partial charge on any atom is -0.508 e. The summed E-state index contributed by atoms with van der Waals surface area (Å²) in [5.41, 5.74) is 1.12. The lowest BCUT2D eigenvalue weighted by Gasteiger charge is -2.40. The zero-order valence-corrected chi connectivity index (χ0v) is 20.4. The maximum atomic E-state index is 10.5. The minimum atomic E-state index is -1.71. The van der Waals surface area contributed by atoms with Crippen LogP contribution in [0, 0.1) is 0 Å². The lowest BCUT2D eigenvalue weighted by Crippen LogP contribution is -2.60. The molecule has 2 aliphatic rings. The van der Waals surface area contributed by atoms with Crippen molar-refractivity contribution in [2.75, 3.05) is 6.61 Å². The molecule has 0 aromatic heterocycles. The normalized spacial score (nSPS) is 35.8. The Labute approximate surface area is 218 Å². The fourth-order valence-electron chi connectivity index (χ4n) is 4.17. The van der Waals surface area contributed by atoms with Crippen molar-refractivity contribution in [3.8, 4) is 17.2 Å². The van der Waals surface area contributed by atoms with Crippen molar-refractivity contribution in [3.63, 3.8) is 0 Å². The Balaban J connectivity index is 1.68. The molecule has 208 valence electrons. The number of aromatic hydroxyl groups is 1. The third-order valence-electron chi connectivity index (χ3n) is 6.49. The Morgan fingerprint density at radius 3 is 2.03 bits per heavy atom. The first kappa shape index (κ1) is 28.2. The number of aliphatic hydroxyl groups excluding tert-OH is 7. The molecule has 0 bridgehead atoms. The van der Waals surface area contributed by atoms with Crippen molar-refractivity contribution >= 4 is 12.2 Å². The van der Waals surface area contributed by atoms with Crippen LogP contribution in [0.25, 0.3) is 12.2 Å². The van der Waals surface area contributed by atoms with Gasteiger partial charge in [-0.05, 0) is 30.7 Å². The van der Waals surface area contributed by atoms with Gasteiger partial charge in [-0.15, -0.1) is 0 Å². The summed E-state index contributed by atoms with van der Waals surface area (Å²) < 4.78 is 22.8. The first-order valence-corrected chi connectivity index (χ1v) is 12.0. The average Bonchev–Trinajstić information content (AvgIpc) is 2.91. The Hall–Kier alpha value is -2.78. The number of benzene rings is 2. The highest BCUT2D eigenvalue weighted by molar-refractivity contribution is 5.74. The average molecular weight is 537 g/mol. The van der Waals surface area contributed by atoms with Crippen molar-refractivity contribution in [1.82, 2.24) is 0 Å². The van der Waals surface area contributed by atoms with E-state index in [2.05, 4.69) is 0 Å². The van der Waals surface area contributed by atoms with Crippen LogP contribution in [0.1, 0.15) is 18.1 Å². The Morgan fingerprint density at radius 2 is 1.37 bits per heavy atom. The molecule has 12 heteroatoms. The second kappa shape index (κ2) is 11.9. The van der Waals surface area contributed by atoms with E-state index in [1.165, 1.54) is 25.1 Å². The summed E-state index contributed by atoms with van der Waals surface area (Å²) in [4.78, 5) is 0. The monoisotopic (exact) mass is 536 g/mol. The fraction of sp³-hybridized carbons (Fsp3) is 0.462. The lowest BCUT2D eigenvalue weighted by atomic mass is 9.99. The van der Waals surface area contributed by atoms with Crippen LogP contribution >= 0.6 is 0 Å². The summed E-state index contributed by atoms with van der Waals surface area (Å²) in [6.45, 7) is 0.842. The molecule has 0 spiro atoms. The van der Waals surface area contributed by atoms with E-state index >= 15 is 0 Å². The van der Waals surface area contributed by atoms with Crippen LogP contribution in [0.4, 0.5) is 0 Å². The Morgan fingerprint density at radius 1 is 0.737 bits per heavy atom. The first-order chi connectivity index (χ1) is 18.1. The maximum Gasteiger partial charge on any atom is 0.229 e. The van der Waals surface area contributed by atoms with Gasteiger partial charge < -0.3 is 59.8 Å². The van der Waals surface area contributed by atoms with E-state index in [-0.39, 0.29) is 17.2 Å². The molecule has 2 saturated heterocycles. The van der Waals surface area contributed by atoms with Crippen LogP contribution in [-0.4, -0.2) is 109 Å². The smallest absolute Gasteiger partial charge is 0.229 e. The van der Waals surface area contributed by atoms with Crippen molar-refractivity contribution in [3.05, 3.63) is 53.6 Å². The summed E-state index contributed by atoms with van der Waals surface area (Å²) in [6.07, 6.45) is -11.2. The summed E-state index contributed by atoms with van der Waals surface area (Å²) in [5, 5.41) is 80.5. The van der Waals surface area contributed by atoms with Gasteiger partial charge in [0, 0.05) is 5.56 Å². The Bertz CT molecular complexity index is 1090. The van der Waals surface area contributed by atoms with E-state index in [9.17, 15) is 40.9 Å².